The Morgan fingerprint density at radius 2 is 1.92 bits per heavy atom. The van der Waals surface area contributed by atoms with E-state index in [4.69, 9.17) is 14.5 Å². The molecule has 0 saturated heterocycles. The molecule has 0 bridgehead atoms. The molecule has 1 amide bonds. The first-order chi connectivity index (χ1) is 12.7. The van der Waals surface area contributed by atoms with Crippen molar-refractivity contribution in [1.82, 2.24) is 10.5 Å². The highest BCUT2D eigenvalue weighted by atomic mass is 16.5. The number of nitriles is 1. The summed E-state index contributed by atoms with van der Waals surface area (Å²) in [4.78, 5) is 12.5. The maximum absolute atomic E-state index is 12.5. The van der Waals surface area contributed by atoms with Gasteiger partial charge in [0.15, 0.2) is 5.76 Å². The molecule has 0 fully saturated rings. The molecule has 26 heavy (non-hydrogen) atoms. The van der Waals surface area contributed by atoms with Crippen molar-refractivity contribution in [1.29, 1.82) is 5.26 Å². The zero-order valence-electron chi connectivity index (χ0n) is 14.2. The van der Waals surface area contributed by atoms with E-state index in [0.717, 1.165) is 5.56 Å². The van der Waals surface area contributed by atoms with Gasteiger partial charge in [0.05, 0.1) is 23.9 Å². The Hall–Kier alpha value is -3.59. The molecule has 0 radical (unpaired) electrons. The van der Waals surface area contributed by atoms with Crippen LogP contribution in [-0.4, -0.2) is 24.2 Å². The molecular formula is C20H17N3O3. The Bertz CT molecular complexity index is 925. The molecule has 0 unspecified atom stereocenters. The summed E-state index contributed by atoms with van der Waals surface area (Å²) in [6, 6.07) is 18.2. The van der Waals surface area contributed by atoms with E-state index in [9.17, 15) is 4.79 Å². The van der Waals surface area contributed by atoms with E-state index in [-0.39, 0.29) is 5.91 Å². The van der Waals surface area contributed by atoms with Crippen LogP contribution in [0, 0.1) is 18.3 Å². The van der Waals surface area contributed by atoms with Gasteiger partial charge in [-0.05, 0) is 31.2 Å². The van der Waals surface area contributed by atoms with E-state index in [1.54, 1.807) is 31.2 Å². The van der Waals surface area contributed by atoms with Crippen molar-refractivity contribution in [3.63, 3.8) is 0 Å². The van der Waals surface area contributed by atoms with Gasteiger partial charge in [-0.1, -0.05) is 35.5 Å². The lowest BCUT2D eigenvalue weighted by atomic mass is 10.1. The van der Waals surface area contributed by atoms with Crippen LogP contribution in [0.15, 0.2) is 59.1 Å². The third-order valence-electron chi connectivity index (χ3n) is 3.77. The number of amides is 1. The molecule has 0 spiro atoms. The largest absolute Gasteiger partial charge is 0.492 e. The monoisotopic (exact) mass is 347 g/mol. The molecule has 0 aliphatic rings. The summed E-state index contributed by atoms with van der Waals surface area (Å²) in [6.07, 6.45) is 0. The second-order valence-corrected chi connectivity index (χ2v) is 5.58. The third kappa shape index (κ3) is 3.90. The normalized spacial score (nSPS) is 10.2. The molecule has 0 aliphatic heterocycles. The Kier molecular flexibility index (Phi) is 5.30. The molecule has 1 heterocycles. The van der Waals surface area contributed by atoms with Gasteiger partial charge in [-0.3, -0.25) is 4.79 Å². The van der Waals surface area contributed by atoms with Gasteiger partial charge in [0.1, 0.15) is 17.9 Å². The first-order valence-electron chi connectivity index (χ1n) is 8.12. The van der Waals surface area contributed by atoms with Crippen molar-refractivity contribution < 1.29 is 14.1 Å². The summed E-state index contributed by atoms with van der Waals surface area (Å²) < 4.78 is 10.9. The smallest absolute Gasteiger partial charge is 0.257 e. The number of carbonyl (C=O) groups excluding carboxylic acids is 1. The number of aryl methyl sites for hydroxylation is 1. The van der Waals surface area contributed by atoms with Crippen LogP contribution >= 0.6 is 0 Å². The van der Waals surface area contributed by atoms with Crippen LogP contribution in [0.4, 0.5) is 0 Å². The average Bonchev–Trinajstić information content (AvgIpc) is 3.08. The van der Waals surface area contributed by atoms with E-state index in [1.165, 1.54) is 0 Å². The molecule has 1 N–H and O–H groups in total. The maximum atomic E-state index is 12.5. The lowest BCUT2D eigenvalue weighted by Gasteiger charge is -2.08. The average molecular weight is 347 g/mol. The molecular weight excluding hydrogens is 330 g/mol. The van der Waals surface area contributed by atoms with Gasteiger partial charge >= 0.3 is 0 Å². The zero-order chi connectivity index (χ0) is 18.4. The van der Waals surface area contributed by atoms with E-state index < -0.39 is 0 Å². The lowest BCUT2D eigenvalue weighted by molar-refractivity contribution is 0.0946. The SMILES string of the molecule is Cc1noc(-c2ccccc2)c1C(=O)NCCOc1ccc(C#N)cc1. The molecule has 0 saturated carbocycles. The first-order valence-corrected chi connectivity index (χ1v) is 8.12. The summed E-state index contributed by atoms with van der Waals surface area (Å²) in [7, 11) is 0. The third-order valence-corrected chi connectivity index (χ3v) is 3.77. The van der Waals surface area contributed by atoms with Crippen molar-refractivity contribution in [3.05, 3.63) is 71.4 Å². The fraction of sp³-hybridized carbons (Fsp3) is 0.150. The minimum absolute atomic E-state index is 0.258. The van der Waals surface area contributed by atoms with Crippen LogP contribution in [0.25, 0.3) is 11.3 Å². The summed E-state index contributed by atoms with van der Waals surface area (Å²) in [5, 5.41) is 15.5. The number of benzene rings is 2. The predicted molar refractivity (Wildman–Crippen MR) is 95.7 cm³/mol. The van der Waals surface area contributed by atoms with Crippen LogP contribution in [0.2, 0.25) is 0 Å². The van der Waals surface area contributed by atoms with Crippen molar-refractivity contribution in [3.8, 4) is 23.1 Å². The fourth-order valence-electron chi connectivity index (χ4n) is 2.47. The number of nitrogens with one attached hydrogen (secondary N) is 1. The van der Waals surface area contributed by atoms with Crippen molar-refractivity contribution in [2.45, 2.75) is 6.92 Å². The van der Waals surface area contributed by atoms with Gasteiger partial charge in [-0.25, -0.2) is 0 Å². The van der Waals surface area contributed by atoms with E-state index >= 15 is 0 Å². The molecule has 130 valence electrons. The molecule has 0 atom stereocenters. The summed E-state index contributed by atoms with van der Waals surface area (Å²) in [6.45, 7) is 2.37. The van der Waals surface area contributed by atoms with Gasteiger partial charge in [0.2, 0.25) is 0 Å². The number of nitrogens with zero attached hydrogens (tertiary/aromatic N) is 2. The Balaban J connectivity index is 1.59. The lowest BCUT2D eigenvalue weighted by Crippen LogP contribution is -2.28. The Labute approximate surface area is 151 Å². The number of rotatable bonds is 6. The molecule has 1 aromatic heterocycles. The Morgan fingerprint density at radius 1 is 1.19 bits per heavy atom. The van der Waals surface area contributed by atoms with Gasteiger partial charge < -0.3 is 14.6 Å². The number of aromatic nitrogens is 1. The number of carbonyl (C=O) groups is 1. The highest BCUT2D eigenvalue weighted by Gasteiger charge is 2.21. The fourth-order valence-corrected chi connectivity index (χ4v) is 2.47. The van der Waals surface area contributed by atoms with Crippen molar-refractivity contribution in [2.24, 2.45) is 0 Å². The topological polar surface area (TPSA) is 88.2 Å². The minimum Gasteiger partial charge on any atom is -0.492 e. The molecule has 2 aromatic carbocycles. The number of hydrogen-bond acceptors (Lipinski definition) is 5. The van der Waals surface area contributed by atoms with E-state index in [1.807, 2.05) is 36.4 Å². The highest BCUT2D eigenvalue weighted by molar-refractivity contribution is 6.00. The molecule has 0 aliphatic carbocycles. The second-order valence-electron chi connectivity index (χ2n) is 5.58. The number of hydrogen-bond donors (Lipinski definition) is 1. The molecule has 6 heteroatoms. The maximum Gasteiger partial charge on any atom is 0.257 e. The van der Waals surface area contributed by atoms with Gasteiger partial charge in [-0.2, -0.15) is 5.26 Å². The van der Waals surface area contributed by atoms with Gasteiger partial charge in [0.25, 0.3) is 5.91 Å². The quantitative estimate of drug-likeness (QED) is 0.691. The number of ether oxygens (including phenoxy) is 1. The van der Waals surface area contributed by atoms with E-state index in [2.05, 4.69) is 10.5 Å². The zero-order valence-corrected chi connectivity index (χ0v) is 14.2. The van der Waals surface area contributed by atoms with Gasteiger partial charge in [-0.15, -0.1) is 0 Å². The second kappa shape index (κ2) is 7.99. The van der Waals surface area contributed by atoms with Crippen LogP contribution in [-0.2, 0) is 0 Å². The van der Waals surface area contributed by atoms with E-state index in [0.29, 0.717) is 41.5 Å². The summed E-state index contributed by atoms with van der Waals surface area (Å²) in [5.41, 5.74) is 2.33. The predicted octanol–water partition coefficient (Wildman–Crippen LogP) is 3.33. The minimum atomic E-state index is -0.258. The summed E-state index contributed by atoms with van der Waals surface area (Å²) in [5.74, 6) is 0.837. The van der Waals surface area contributed by atoms with Gasteiger partial charge in [0, 0.05) is 5.56 Å². The molecule has 3 aromatic rings. The standard InChI is InChI=1S/C20H17N3O3/c1-14-18(19(26-23-14)16-5-3-2-4-6-16)20(24)22-11-12-25-17-9-7-15(13-21)8-10-17/h2-10H,11-12H2,1H3,(H,22,24). The van der Waals surface area contributed by atoms with Crippen molar-refractivity contribution in [2.75, 3.05) is 13.2 Å². The molecule has 6 nitrogen and oxygen atoms in total. The summed E-state index contributed by atoms with van der Waals surface area (Å²) >= 11 is 0. The highest BCUT2D eigenvalue weighted by Crippen LogP contribution is 2.25. The van der Waals surface area contributed by atoms with Crippen LogP contribution in [0.5, 0.6) is 5.75 Å². The first kappa shape index (κ1) is 17.2. The van der Waals surface area contributed by atoms with Crippen LogP contribution < -0.4 is 10.1 Å². The van der Waals surface area contributed by atoms with Crippen LogP contribution in [0.3, 0.4) is 0 Å². The van der Waals surface area contributed by atoms with Crippen molar-refractivity contribution >= 4 is 5.91 Å². The Morgan fingerprint density at radius 3 is 2.62 bits per heavy atom. The molecule has 3 rings (SSSR count). The van der Waals surface area contributed by atoms with Crippen LogP contribution in [0.1, 0.15) is 21.6 Å².